The van der Waals surface area contributed by atoms with Crippen LogP contribution in [0.2, 0.25) is 0 Å². The maximum atomic E-state index is 4.70. The number of allylic oxidation sites excluding steroid dienone is 3. The largest absolute Gasteiger partial charge is 0.278 e. The zero-order valence-corrected chi connectivity index (χ0v) is 29.1. The molecule has 0 bridgehead atoms. The molecule has 1 aromatic heterocycles. The smallest absolute Gasteiger partial charge is 0.154 e. The number of aliphatic imine (C=N–C) groups is 3. The Balaban J connectivity index is 1.29. The molecule has 7 aromatic rings. The highest BCUT2D eigenvalue weighted by atomic mass is 15.3. The van der Waals surface area contributed by atoms with Crippen LogP contribution >= 0.6 is 0 Å². The van der Waals surface area contributed by atoms with Gasteiger partial charge in [0.2, 0.25) is 0 Å². The van der Waals surface area contributed by atoms with Crippen molar-refractivity contribution < 1.29 is 0 Å². The first-order chi connectivity index (χ1) is 24.9. The molecular weight excluding hydrogens is 623 g/mol. The van der Waals surface area contributed by atoms with Gasteiger partial charge in [-0.1, -0.05) is 124 Å². The lowest BCUT2D eigenvalue weighted by atomic mass is 9.73. The fraction of sp³-hybridized carbons (Fsp3) is 0.0870. The summed E-state index contributed by atoms with van der Waals surface area (Å²) < 4.78 is 0. The minimum Gasteiger partial charge on any atom is -0.278 e. The molecule has 8 rings (SSSR count). The number of benzene rings is 6. The first kappa shape index (κ1) is 31.8. The molecule has 0 aliphatic carbocycles. The van der Waals surface area contributed by atoms with E-state index in [0.29, 0.717) is 5.84 Å². The third-order valence-corrected chi connectivity index (χ3v) is 10.2. The van der Waals surface area contributed by atoms with E-state index in [9.17, 15) is 0 Å². The molecule has 0 radical (unpaired) electrons. The molecular formula is C46H37N5. The molecule has 6 aromatic carbocycles. The van der Waals surface area contributed by atoms with Crippen molar-refractivity contribution in [3.05, 3.63) is 163 Å². The van der Waals surface area contributed by atoms with E-state index in [0.717, 1.165) is 39.6 Å². The van der Waals surface area contributed by atoms with Gasteiger partial charge < -0.3 is 0 Å². The minimum atomic E-state index is -0.370. The van der Waals surface area contributed by atoms with E-state index in [2.05, 4.69) is 145 Å². The highest BCUT2D eigenvalue weighted by Crippen LogP contribution is 2.50. The van der Waals surface area contributed by atoms with Crippen molar-refractivity contribution in [2.45, 2.75) is 19.3 Å². The number of aromatic nitrogens is 1. The third-order valence-electron chi connectivity index (χ3n) is 10.2. The van der Waals surface area contributed by atoms with Crippen LogP contribution in [-0.4, -0.2) is 30.8 Å². The van der Waals surface area contributed by atoms with E-state index in [-0.39, 0.29) is 5.41 Å². The van der Waals surface area contributed by atoms with E-state index in [1.165, 1.54) is 49.0 Å². The molecule has 0 spiro atoms. The fourth-order valence-electron chi connectivity index (χ4n) is 7.77. The number of rotatable bonds is 7. The van der Waals surface area contributed by atoms with E-state index < -0.39 is 0 Å². The van der Waals surface area contributed by atoms with Crippen molar-refractivity contribution in [1.82, 2.24) is 4.98 Å². The summed E-state index contributed by atoms with van der Waals surface area (Å²) in [4.78, 5) is 20.1. The van der Waals surface area contributed by atoms with E-state index in [4.69, 9.17) is 4.98 Å². The van der Waals surface area contributed by atoms with Gasteiger partial charge in [0.05, 0.1) is 5.69 Å². The number of hydrogen-bond acceptors (Lipinski definition) is 4. The molecule has 0 atom stereocenters. The molecule has 0 unspecified atom stereocenters. The molecule has 5 nitrogen and oxygen atoms in total. The molecule has 0 saturated heterocycles. The van der Waals surface area contributed by atoms with Gasteiger partial charge in [0, 0.05) is 36.0 Å². The first-order valence-corrected chi connectivity index (χ1v) is 17.0. The lowest BCUT2D eigenvalue weighted by Gasteiger charge is -2.41. The van der Waals surface area contributed by atoms with Crippen LogP contribution < -0.4 is 4.90 Å². The molecule has 0 amide bonds. The maximum Gasteiger partial charge on any atom is 0.154 e. The Morgan fingerprint density at radius 1 is 0.765 bits per heavy atom. The average molecular weight is 660 g/mol. The van der Waals surface area contributed by atoms with Crippen molar-refractivity contribution in [1.29, 1.82) is 0 Å². The second-order valence-electron chi connectivity index (χ2n) is 13.3. The predicted molar refractivity (Wildman–Crippen MR) is 218 cm³/mol. The molecule has 51 heavy (non-hydrogen) atoms. The van der Waals surface area contributed by atoms with Crippen LogP contribution in [0.25, 0.3) is 54.6 Å². The molecule has 246 valence electrons. The zero-order chi connectivity index (χ0) is 35.3. The molecule has 0 fully saturated rings. The topological polar surface area (TPSA) is 53.2 Å². The van der Waals surface area contributed by atoms with Gasteiger partial charge in [0.25, 0.3) is 0 Å². The summed E-state index contributed by atoms with van der Waals surface area (Å²) in [5, 5.41) is 7.46. The van der Waals surface area contributed by atoms with Crippen molar-refractivity contribution >= 4 is 62.6 Å². The third kappa shape index (κ3) is 5.00. The van der Waals surface area contributed by atoms with Crippen LogP contribution in [0.15, 0.2) is 167 Å². The SMILES string of the molecule is C=CC=NC(=NC)c1ccc(-c2ccc3ccc4c(-c5ccc6c(c5)C(C)(C)C(C=C)=C(N=C)N6c5ccccn5)ccc5ccc2c3c54)cc1. The Bertz CT molecular complexity index is 2610. The molecule has 1 aliphatic rings. The summed E-state index contributed by atoms with van der Waals surface area (Å²) in [6, 6.07) is 39.2. The summed E-state index contributed by atoms with van der Waals surface area (Å²) in [5.41, 5.74) is 8.50. The van der Waals surface area contributed by atoms with E-state index in [1.807, 2.05) is 24.3 Å². The van der Waals surface area contributed by atoms with Crippen LogP contribution in [0, 0.1) is 0 Å². The van der Waals surface area contributed by atoms with Crippen LogP contribution in [0.5, 0.6) is 0 Å². The van der Waals surface area contributed by atoms with E-state index in [1.54, 1.807) is 25.5 Å². The van der Waals surface area contributed by atoms with Gasteiger partial charge in [-0.25, -0.2) is 15.0 Å². The molecule has 5 heteroatoms. The van der Waals surface area contributed by atoms with Crippen LogP contribution in [-0.2, 0) is 5.41 Å². The number of pyridine rings is 1. The second kappa shape index (κ2) is 12.5. The van der Waals surface area contributed by atoms with Crippen molar-refractivity contribution in [3.63, 3.8) is 0 Å². The highest BCUT2D eigenvalue weighted by molar-refractivity contribution is 6.27. The van der Waals surface area contributed by atoms with Crippen molar-refractivity contribution in [3.8, 4) is 22.3 Å². The lowest BCUT2D eigenvalue weighted by Crippen LogP contribution is -2.33. The molecule has 0 saturated carbocycles. The summed E-state index contributed by atoms with van der Waals surface area (Å²) in [7, 11) is 1.76. The number of nitrogens with zero attached hydrogens (tertiary/aromatic N) is 5. The fourth-order valence-corrected chi connectivity index (χ4v) is 7.77. The van der Waals surface area contributed by atoms with E-state index >= 15 is 0 Å². The molecule has 2 heterocycles. The van der Waals surface area contributed by atoms with Gasteiger partial charge in [-0.15, -0.1) is 0 Å². The predicted octanol–water partition coefficient (Wildman–Crippen LogP) is 11.5. The summed E-state index contributed by atoms with van der Waals surface area (Å²) >= 11 is 0. The summed E-state index contributed by atoms with van der Waals surface area (Å²) in [5.74, 6) is 2.22. The summed E-state index contributed by atoms with van der Waals surface area (Å²) in [6.07, 6.45) is 7.04. The lowest BCUT2D eigenvalue weighted by molar-refractivity contribution is 0.616. The average Bonchev–Trinajstić information content (AvgIpc) is 3.17. The highest BCUT2D eigenvalue weighted by Gasteiger charge is 2.38. The first-order valence-electron chi connectivity index (χ1n) is 17.0. The Kier molecular flexibility index (Phi) is 7.76. The number of anilines is 2. The van der Waals surface area contributed by atoms with Crippen LogP contribution in [0.3, 0.4) is 0 Å². The van der Waals surface area contributed by atoms with Crippen LogP contribution in [0.1, 0.15) is 25.0 Å². The quantitative estimate of drug-likeness (QED) is 0.0971. The number of fused-ring (bicyclic) bond motifs is 1. The summed E-state index contributed by atoms with van der Waals surface area (Å²) in [6.45, 7) is 16.3. The zero-order valence-electron chi connectivity index (χ0n) is 29.1. The molecule has 1 aliphatic heterocycles. The Morgan fingerprint density at radius 2 is 1.41 bits per heavy atom. The normalized spacial score (nSPS) is 14.5. The van der Waals surface area contributed by atoms with Gasteiger partial charge in [-0.05, 0) is 91.1 Å². The van der Waals surface area contributed by atoms with Gasteiger partial charge in [0.15, 0.2) is 5.84 Å². The second-order valence-corrected chi connectivity index (χ2v) is 13.3. The maximum absolute atomic E-state index is 4.70. The van der Waals surface area contributed by atoms with Crippen LogP contribution in [0.4, 0.5) is 11.5 Å². The van der Waals surface area contributed by atoms with Gasteiger partial charge in [-0.2, -0.15) is 0 Å². The number of amidine groups is 1. The van der Waals surface area contributed by atoms with Gasteiger partial charge in [-0.3, -0.25) is 9.89 Å². The van der Waals surface area contributed by atoms with Crippen molar-refractivity contribution in [2.24, 2.45) is 15.0 Å². The molecule has 0 N–H and O–H groups in total. The van der Waals surface area contributed by atoms with Crippen molar-refractivity contribution in [2.75, 3.05) is 11.9 Å². The monoisotopic (exact) mass is 659 g/mol. The Morgan fingerprint density at radius 3 is 2.00 bits per heavy atom. The minimum absolute atomic E-state index is 0.370. The standard InChI is InChI=1S/C46H37N5/c1-7-26-50-44(47-5)32-14-12-29(13-15-32)34-21-16-30-19-24-37-35(22-17-31-18-23-36(34)42(30)43(31)37)33-20-25-40-39(28-33)46(3,4)38(8-2)45(48-6)51(40)41-11-9-10-27-49-41/h7-28H,1-2,6H2,3-5H3. The Hall–Kier alpha value is -6.46. The van der Waals surface area contributed by atoms with Gasteiger partial charge in [0.1, 0.15) is 11.6 Å². The van der Waals surface area contributed by atoms with Gasteiger partial charge >= 0.3 is 0 Å². The Labute approximate surface area is 298 Å². The number of hydrogen-bond donors (Lipinski definition) is 0.